The van der Waals surface area contributed by atoms with Crippen molar-refractivity contribution in [1.82, 2.24) is 0 Å². The molecule has 3 heteroatoms. The summed E-state index contributed by atoms with van der Waals surface area (Å²) in [6, 6.07) is 8.87. The maximum atomic E-state index is 11.9. The van der Waals surface area contributed by atoms with Crippen LogP contribution in [0.5, 0.6) is 5.75 Å². The largest absolute Gasteiger partial charge is 0.507 e. The van der Waals surface area contributed by atoms with Gasteiger partial charge in [-0.1, -0.05) is 17.7 Å². The topological polar surface area (TPSA) is 37.3 Å². The van der Waals surface area contributed by atoms with Crippen LogP contribution in [0.15, 0.2) is 41.8 Å². The van der Waals surface area contributed by atoms with E-state index in [9.17, 15) is 9.90 Å². The van der Waals surface area contributed by atoms with Gasteiger partial charge in [-0.05, 0) is 42.7 Å². The first-order valence-electron chi connectivity index (χ1n) is 5.22. The van der Waals surface area contributed by atoms with Crippen molar-refractivity contribution in [3.8, 4) is 5.75 Å². The minimum Gasteiger partial charge on any atom is -0.507 e. The molecule has 0 atom stereocenters. The number of hydrogen-bond donors (Lipinski definition) is 1. The fourth-order valence-electron chi connectivity index (χ4n) is 1.48. The predicted molar refractivity (Wildman–Crippen MR) is 70.5 cm³/mol. The number of rotatable bonds is 3. The molecule has 1 heterocycles. The molecule has 2 rings (SSSR count). The van der Waals surface area contributed by atoms with Crippen LogP contribution in [-0.2, 0) is 0 Å². The van der Waals surface area contributed by atoms with Crippen molar-refractivity contribution in [1.29, 1.82) is 0 Å². The fraction of sp³-hybridized carbons (Fsp3) is 0.0714. The Morgan fingerprint density at radius 2 is 2.18 bits per heavy atom. The summed E-state index contributed by atoms with van der Waals surface area (Å²) in [5, 5.41) is 11.6. The molecule has 0 saturated heterocycles. The van der Waals surface area contributed by atoms with Gasteiger partial charge in [-0.25, -0.2) is 0 Å². The van der Waals surface area contributed by atoms with Crippen LogP contribution < -0.4 is 0 Å². The van der Waals surface area contributed by atoms with Gasteiger partial charge in [0.25, 0.3) is 0 Å². The van der Waals surface area contributed by atoms with Crippen LogP contribution in [0.2, 0.25) is 0 Å². The first-order chi connectivity index (χ1) is 8.16. The summed E-state index contributed by atoms with van der Waals surface area (Å²) in [4.78, 5) is 12.9. The van der Waals surface area contributed by atoms with Crippen LogP contribution in [0, 0.1) is 6.92 Å². The molecule has 0 aliphatic heterocycles. The third kappa shape index (κ3) is 2.82. The first kappa shape index (κ1) is 11.6. The molecule has 86 valence electrons. The van der Waals surface area contributed by atoms with Gasteiger partial charge >= 0.3 is 0 Å². The minimum absolute atomic E-state index is 0.0245. The van der Waals surface area contributed by atoms with Gasteiger partial charge in [0.05, 0.1) is 5.56 Å². The number of aromatic hydroxyl groups is 1. The van der Waals surface area contributed by atoms with Crippen molar-refractivity contribution in [2.45, 2.75) is 6.92 Å². The Hall–Kier alpha value is -1.87. The zero-order chi connectivity index (χ0) is 12.3. The number of carbonyl (C=O) groups excluding carboxylic acids is 1. The summed E-state index contributed by atoms with van der Waals surface area (Å²) in [5.74, 6) is -0.156. The number of hydrogen-bond acceptors (Lipinski definition) is 3. The van der Waals surface area contributed by atoms with E-state index in [4.69, 9.17) is 0 Å². The van der Waals surface area contributed by atoms with Crippen LogP contribution >= 0.6 is 11.3 Å². The van der Waals surface area contributed by atoms with Gasteiger partial charge in [0.1, 0.15) is 5.75 Å². The lowest BCUT2D eigenvalue weighted by Gasteiger charge is -2.01. The highest BCUT2D eigenvalue weighted by atomic mass is 32.1. The second-order valence-corrected chi connectivity index (χ2v) is 4.71. The Balaban J connectivity index is 2.23. The number of allylic oxidation sites excluding steroid dienone is 1. The minimum atomic E-state index is -0.181. The van der Waals surface area contributed by atoms with E-state index >= 15 is 0 Å². The van der Waals surface area contributed by atoms with Crippen LogP contribution in [0.3, 0.4) is 0 Å². The predicted octanol–water partition coefficient (Wildman–Crippen LogP) is 3.66. The maximum Gasteiger partial charge on any atom is 0.189 e. The number of carbonyl (C=O) groups is 1. The zero-order valence-electron chi connectivity index (χ0n) is 9.38. The normalized spacial score (nSPS) is 10.9. The molecular weight excluding hydrogens is 232 g/mol. The molecule has 0 aliphatic rings. The van der Waals surface area contributed by atoms with Gasteiger partial charge in [-0.3, -0.25) is 4.79 Å². The highest BCUT2D eigenvalue weighted by Gasteiger charge is 2.07. The van der Waals surface area contributed by atoms with Crippen LogP contribution in [0.25, 0.3) is 6.08 Å². The summed E-state index contributed by atoms with van der Waals surface area (Å²) in [6.07, 6.45) is 3.25. The Kier molecular flexibility index (Phi) is 3.40. The summed E-state index contributed by atoms with van der Waals surface area (Å²) < 4.78 is 0. The molecule has 0 aliphatic carbocycles. The highest BCUT2D eigenvalue weighted by Crippen LogP contribution is 2.20. The van der Waals surface area contributed by atoms with Crippen LogP contribution in [0.1, 0.15) is 20.8 Å². The molecule has 0 amide bonds. The van der Waals surface area contributed by atoms with E-state index in [1.54, 1.807) is 35.6 Å². The van der Waals surface area contributed by atoms with E-state index in [2.05, 4.69) is 0 Å². The highest BCUT2D eigenvalue weighted by molar-refractivity contribution is 7.10. The number of benzene rings is 1. The quantitative estimate of drug-likeness (QED) is 0.661. The molecule has 0 bridgehead atoms. The van der Waals surface area contributed by atoms with Crippen molar-refractivity contribution >= 4 is 23.2 Å². The second-order valence-electron chi connectivity index (χ2n) is 3.73. The summed E-state index contributed by atoms with van der Waals surface area (Å²) in [7, 11) is 0. The average molecular weight is 244 g/mol. The van der Waals surface area contributed by atoms with Gasteiger partial charge < -0.3 is 5.11 Å². The lowest BCUT2D eigenvalue weighted by molar-refractivity contribution is 0.104. The van der Waals surface area contributed by atoms with E-state index in [1.807, 2.05) is 24.4 Å². The van der Waals surface area contributed by atoms with Crippen molar-refractivity contribution in [2.75, 3.05) is 0 Å². The Labute approximate surface area is 104 Å². The lowest BCUT2D eigenvalue weighted by atomic mass is 10.1. The summed E-state index contributed by atoms with van der Waals surface area (Å²) >= 11 is 1.57. The van der Waals surface area contributed by atoms with E-state index < -0.39 is 0 Å². The average Bonchev–Trinajstić information content (AvgIpc) is 2.82. The van der Waals surface area contributed by atoms with Crippen LogP contribution in [0.4, 0.5) is 0 Å². The van der Waals surface area contributed by atoms with Crippen LogP contribution in [-0.4, -0.2) is 10.9 Å². The first-order valence-corrected chi connectivity index (χ1v) is 6.10. The molecule has 0 radical (unpaired) electrons. The summed E-state index contributed by atoms with van der Waals surface area (Å²) in [5.41, 5.74) is 1.30. The van der Waals surface area contributed by atoms with E-state index in [0.29, 0.717) is 5.56 Å². The molecule has 1 aromatic carbocycles. The third-order valence-electron chi connectivity index (χ3n) is 2.36. The van der Waals surface area contributed by atoms with Gasteiger partial charge in [-0.2, -0.15) is 0 Å². The summed E-state index contributed by atoms with van der Waals surface area (Å²) in [6.45, 7) is 1.89. The van der Waals surface area contributed by atoms with Gasteiger partial charge in [-0.15, -0.1) is 11.3 Å². The Morgan fingerprint density at radius 3 is 2.88 bits per heavy atom. The molecule has 1 N–H and O–H groups in total. The van der Waals surface area contributed by atoms with Crippen molar-refractivity contribution in [3.63, 3.8) is 0 Å². The number of thiophene rings is 1. The number of ketones is 1. The van der Waals surface area contributed by atoms with Crippen molar-refractivity contribution in [3.05, 3.63) is 57.8 Å². The molecule has 1 aromatic heterocycles. The second kappa shape index (κ2) is 4.97. The SMILES string of the molecule is Cc1ccc(O)c(C(=O)/C=C/c2cccs2)c1. The molecule has 0 unspecified atom stereocenters. The number of phenolic OH excluding ortho intramolecular Hbond substituents is 1. The molecule has 0 saturated carbocycles. The fourth-order valence-corrected chi connectivity index (χ4v) is 2.10. The van der Waals surface area contributed by atoms with E-state index in [1.165, 1.54) is 6.08 Å². The standard InChI is InChI=1S/C14H12O2S/c1-10-4-6-13(15)12(9-10)14(16)7-5-11-3-2-8-17-11/h2-9,15H,1H3/b7-5+. The molecule has 0 fully saturated rings. The zero-order valence-corrected chi connectivity index (χ0v) is 10.2. The molecule has 17 heavy (non-hydrogen) atoms. The smallest absolute Gasteiger partial charge is 0.189 e. The van der Waals surface area contributed by atoms with Gasteiger partial charge in [0, 0.05) is 4.88 Å². The number of phenols is 1. The van der Waals surface area contributed by atoms with Gasteiger partial charge in [0.15, 0.2) is 5.78 Å². The Bertz CT molecular complexity index is 554. The molecule has 0 spiro atoms. The molecular formula is C14H12O2S. The molecule has 2 nitrogen and oxygen atoms in total. The van der Waals surface area contributed by atoms with Gasteiger partial charge in [0.2, 0.25) is 0 Å². The monoisotopic (exact) mass is 244 g/mol. The van der Waals surface area contributed by atoms with E-state index in [0.717, 1.165) is 10.4 Å². The molecule has 2 aromatic rings. The Morgan fingerprint density at radius 1 is 1.35 bits per heavy atom. The number of aryl methyl sites for hydroxylation is 1. The van der Waals surface area contributed by atoms with Crippen molar-refractivity contribution < 1.29 is 9.90 Å². The maximum absolute atomic E-state index is 11.9. The third-order valence-corrected chi connectivity index (χ3v) is 3.20. The lowest BCUT2D eigenvalue weighted by Crippen LogP contribution is -1.95. The van der Waals surface area contributed by atoms with E-state index in [-0.39, 0.29) is 11.5 Å². The van der Waals surface area contributed by atoms with Crippen molar-refractivity contribution in [2.24, 2.45) is 0 Å².